The Morgan fingerprint density at radius 1 is 1.33 bits per heavy atom. The van der Waals surface area contributed by atoms with Crippen LogP contribution in [0.5, 0.6) is 0 Å². The Kier molecular flexibility index (Phi) is 3.34. The van der Waals surface area contributed by atoms with E-state index in [0.29, 0.717) is 24.1 Å². The molecule has 0 aliphatic carbocycles. The fourth-order valence-electron chi connectivity index (χ4n) is 2.01. The van der Waals surface area contributed by atoms with E-state index in [4.69, 9.17) is 5.26 Å². The molecule has 1 aromatic carbocycles. The average Bonchev–Trinajstić information content (AvgIpc) is 2.50. The summed E-state index contributed by atoms with van der Waals surface area (Å²) in [5, 5.41) is 8.58. The van der Waals surface area contributed by atoms with Crippen molar-refractivity contribution in [3.05, 3.63) is 29.8 Å². The van der Waals surface area contributed by atoms with Gasteiger partial charge in [-0.05, 0) is 18.6 Å². The number of hydrogen-bond donors (Lipinski definition) is 0. The van der Waals surface area contributed by atoms with Gasteiger partial charge in [0.15, 0.2) is 11.5 Å². The minimum atomic E-state index is -3.67. The van der Waals surface area contributed by atoms with Gasteiger partial charge < -0.3 is 0 Å². The fourth-order valence-corrected chi connectivity index (χ4v) is 3.20. The number of nitrogens with zero attached hydrogens (tertiary/aromatic N) is 2. The molecule has 1 aliphatic heterocycles. The van der Waals surface area contributed by atoms with Crippen LogP contribution in [0.15, 0.2) is 24.3 Å². The Hall–Kier alpha value is -1.87. The number of carbonyl (C=O) groups excluding carboxylic acids is 1. The van der Waals surface area contributed by atoms with Crippen LogP contribution in [0.4, 0.5) is 5.69 Å². The number of sulfonamides is 1. The van der Waals surface area contributed by atoms with Crippen molar-refractivity contribution in [3.63, 3.8) is 0 Å². The molecular weight excluding hydrogens is 252 g/mol. The summed E-state index contributed by atoms with van der Waals surface area (Å²) in [4.78, 5) is 11.8. The molecule has 0 atom stereocenters. The number of anilines is 1. The van der Waals surface area contributed by atoms with Gasteiger partial charge in [-0.15, -0.1) is 0 Å². The third-order valence-electron chi connectivity index (χ3n) is 2.82. The summed E-state index contributed by atoms with van der Waals surface area (Å²) in [6.45, 7) is 0.243. The molecule has 0 amide bonds. The molecule has 0 spiro atoms. The van der Waals surface area contributed by atoms with E-state index in [0.717, 1.165) is 0 Å². The minimum Gasteiger partial charge on any atom is -0.294 e. The number of carbonyl (C=O) groups is 1. The minimum absolute atomic E-state index is 0.0553. The van der Waals surface area contributed by atoms with E-state index in [2.05, 4.69) is 0 Å². The molecule has 0 unspecified atom stereocenters. The number of benzene rings is 1. The lowest BCUT2D eigenvalue weighted by atomic mass is 10.1. The molecule has 0 radical (unpaired) electrons. The molecule has 0 bridgehead atoms. The molecular formula is C12H12N2O3S. The smallest absolute Gasteiger partial charge is 0.248 e. The summed E-state index contributed by atoms with van der Waals surface area (Å²) in [6.07, 6.45) is 0.799. The Labute approximate surface area is 106 Å². The quantitative estimate of drug-likeness (QED) is 0.807. The van der Waals surface area contributed by atoms with Gasteiger partial charge in [0, 0.05) is 18.5 Å². The van der Waals surface area contributed by atoms with E-state index >= 15 is 0 Å². The summed E-state index contributed by atoms with van der Waals surface area (Å²) >= 11 is 0. The molecule has 1 aliphatic rings. The highest BCUT2D eigenvalue weighted by molar-refractivity contribution is 7.93. The maximum Gasteiger partial charge on any atom is 0.248 e. The van der Waals surface area contributed by atoms with Crippen molar-refractivity contribution in [2.45, 2.75) is 12.8 Å². The maximum atomic E-state index is 12.0. The topological polar surface area (TPSA) is 78.2 Å². The van der Waals surface area contributed by atoms with Crippen LogP contribution in [-0.2, 0) is 10.0 Å². The highest BCUT2D eigenvalue weighted by atomic mass is 32.2. The van der Waals surface area contributed by atoms with Crippen LogP contribution in [0.1, 0.15) is 23.2 Å². The standard InChI is InChI=1S/C12H12N2O3S/c13-7-9-18(16,17)14-8-3-6-12(15)10-4-1-2-5-11(10)14/h1-2,4-5H,3,6,8-9H2. The number of para-hydroxylation sites is 1. The van der Waals surface area contributed by atoms with Crippen LogP contribution in [-0.4, -0.2) is 26.5 Å². The molecule has 1 heterocycles. The van der Waals surface area contributed by atoms with Gasteiger partial charge >= 0.3 is 0 Å². The Bertz CT molecular complexity index is 616. The van der Waals surface area contributed by atoms with E-state index in [1.165, 1.54) is 4.31 Å². The predicted octanol–water partition coefficient (Wildman–Crippen LogP) is 1.32. The second-order valence-electron chi connectivity index (χ2n) is 4.03. The van der Waals surface area contributed by atoms with Gasteiger partial charge in [0.2, 0.25) is 10.0 Å². The number of fused-ring (bicyclic) bond motifs is 1. The SMILES string of the molecule is N#CCS(=O)(=O)N1CCCC(=O)c2ccccc21. The zero-order chi connectivity index (χ0) is 13.2. The summed E-state index contributed by atoms with van der Waals surface area (Å²) < 4.78 is 25.2. The van der Waals surface area contributed by atoms with Gasteiger partial charge in [-0.25, -0.2) is 8.42 Å². The molecule has 18 heavy (non-hydrogen) atoms. The summed E-state index contributed by atoms with van der Waals surface area (Å²) in [5.41, 5.74) is 0.798. The van der Waals surface area contributed by atoms with E-state index in [1.807, 2.05) is 0 Å². The summed E-state index contributed by atoms with van der Waals surface area (Å²) in [7, 11) is -3.67. The Morgan fingerprint density at radius 2 is 2.06 bits per heavy atom. The highest BCUT2D eigenvalue weighted by Crippen LogP contribution is 2.28. The molecule has 5 nitrogen and oxygen atoms in total. The monoisotopic (exact) mass is 264 g/mol. The molecule has 6 heteroatoms. The molecule has 0 saturated heterocycles. The first kappa shape index (κ1) is 12.6. The second kappa shape index (κ2) is 4.78. The number of ketones is 1. The van der Waals surface area contributed by atoms with Gasteiger partial charge in [-0.3, -0.25) is 9.10 Å². The highest BCUT2D eigenvalue weighted by Gasteiger charge is 2.28. The lowest BCUT2D eigenvalue weighted by Gasteiger charge is -2.22. The van der Waals surface area contributed by atoms with Crippen molar-refractivity contribution in [1.29, 1.82) is 5.26 Å². The first-order valence-corrected chi connectivity index (χ1v) is 7.17. The number of hydrogen-bond acceptors (Lipinski definition) is 4. The maximum absolute atomic E-state index is 12.0. The Morgan fingerprint density at radius 3 is 2.78 bits per heavy atom. The first-order valence-electron chi connectivity index (χ1n) is 5.56. The normalized spacial score (nSPS) is 15.7. The summed E-state index contributed by atoms with van der Waals surface area (Å²) in [6, 6.07) is 8.27. The van der Waals surface area contributed by atoms with Crippen molar-refractivity contribution >= 4 is 21.5 Å². The van der Waals surface area contributed by atoms with Crippen LogP contribution in [0, 0.1) is 11.3 Å². The van der Waals surface area contributed by atoms with Gasteiger partial charge in [0.1, 0.15) is 0 Å². The second-order valence-corrected chi connectivity index (χ2v) is 5.92. The zero-order valence-electron chi connectivity index (χ0n) is 9.67. The van der Waals surface area contributed by atoms with E-state index in [9.17, 15) is 13.2 Å². The van der Waals surface area contributed by atoms with Crippen molar-refractivity contribution < 1.29 is 13.2 Å². The molecule has 0 N–H and O–H groups in total. The molecule has 0 saturated carbocycles. The predicted molar refractivity (Wildman–Crippen MR) is 66.8 cm³/mol. The van der Waals surface area contributed by atoms with Crippen molar-refractivity contribution in [2.24, 2.45) is 0 Å². The van der Waals surface area contributed by atoms with E-state index in [-0.39, 0.29) is 12.3 Å². The Balaban J connectivity index is 2.54. The van der Waals surface area contributed by atoms with Crippen LogP contribution < -0.4 is 4.31 Å². The first-order chi connectivity index (χ1) is 8.56. The molecule has 0 aromatic heterocycles. The largest absolute Gasteiger partial charge is 0.294 e. The van der Waals surface area contributed by atoms with Crippen molar-refractivity contribution in [3.8, 4) is 6.07 Å². The van der Waals surface area contributed by atoms with Crippen molar-refractivity contribution in [2.75, 3.05) is 16.6 Å². The van der Waals surface area contributed by atoms with Crippen molar-refractivity contribution in [1.82, 2.24) is 0 Å². The molecule has 1 aromatic rings. The fraction of sp³-hybridized carbons (Fsp3) is 0.333. The summed E-state index contributed by atoms with van der Waals surface area (Å²) in [5.74, 6) is -0.629. The van der Waals surface area contributed by atoms with E-state index in [1.54, 1.807) is 30.3 Å². The third kappa shape index (κ3) is 2.22. The number of Topliss-reactive ketones (excluding diaryl/α,β-unsaturated/α-hetero) is 1. The van der Waals surface area contributed by atoms with Crippen LogP contribution in [0.25, 0.3) is 0 Å². The van der Waals surface area contributed by atoms with Crippen LogP contribution in [0.2, 0.25) is 0 Å². The van der Waals surface area contributed by atoms with Gasteiger partial charge in [-0.2, -0.15) is 5.26 Å². The van der Waals surface area contributed by atoms with Crippen LogP contribution in [0.3, 0.4) is 0 Å². The van der Waals surface area contributed by atoms with Gasteiger partial charge in [-0.1, -0.05) is 12.1 Å². The lowest BCUT2D eigenvalue weighted by molar-refractivity contribution is 0.0984. The zero-order valence-corrected chi connectivity index (χ0v) is 10.5. The number of rotatable bonds is 2. The lowest BCUT2D eigenvalue weighted by Crippen LogP contribution is -2.33. The molecule has 94 valence electrons. The molecule has 0 fully saturated rings. The third-order valence-corrected chi connectivity index (χ3v) is 4.37. The molecule has 2 rings (SSSR count). The number of nitriles is 1. The van der Waals surface area contributed by atoms with Gasteiger partial charge in [0.25, 0.3) is 0 Å². The average molecular weight is 264 g/mol. The van der Waals surface area contributed by atoms with Crippen LogP contribution >= 0.6 is 0 Å². The van der Waals surface area contributed by atoms with Gasteiger partial charge in [0.05, 0.1) is 11.8 Å². The van der Waals surface area contributed by atoms with E-state index < -0.39 is 15.8 Å².